The van der Waals surface area contributed by atoms with E-state index in [1.807, 2.05) is 19.1 Å². The van der Waals surface area contributed by atoms with E-state index in [0.29, 0.717) is 5.69 Å². The van der Waals surface area contributed by atoms with E-state index in [4.69, 9.17) is 4.74 Å². The number of ether oxygens (including phenoxy) is 2. The molecule has 0 aliphatic rings. The molecule has 0 fully saturated rings. The number of amides is 1. The Morgan fingerprint density at radius 3 is 2.64 bits per heavy atom. The molecule has 2 aromatic carbocycles. The van der Waals surface area contributed by atoms with Crippen molar-refractivity contribution in [1.29, 1.82) is 0 Å². The quantitative estimate of drug-likeness (QED) is 0.522. The molecule has 8 heteroatoms. The van der Waals surface area contributed by atoms with Crippen molar-refractivity contribution in [2.45, 2.75) is 13.5 Å². The second-order valence-corrected chi connectivity index (χ2v) is 6.24. The molecule has 2 aromatic rings. The fourth-order valence-corrected chi connectivity index (χ4v) is 2.61. The van der Waals surface area contributed by atoms with E-state index < -0.39 is 25.1 Å². The molecule has 0 bridgehead atoms. The molecule has 5 nitrogen and oxygen atoms in total. The monoisotopic (exact) mass is 461 g/mol. The molecular formula is C17H14F2INO4. The standard InChI is InChI=1S/C17H14F2INO4/c1-10-7-12(20)5-6-14(10)21-15(22)9-24-16(23)11-3-2-4-13(8-11)25-17(18)19/h2-8,17H,9H2,1H3,(H,21,22). The summed E-state index contributed by atoms with van der Waals surface area (Å²) in [4.78, 5) is 23.8. The predicted molar refractivity (Wildman–Crippen MR) is 95.9 cm³/mol. The van der Waals surface area contributed by atoms with Crippen molar-refractivity contribution in [3.63, 3.8) is 0 Å². The van der Waals surface area contributed by atoms with Gasteiger partial charge in [-0.1, -0.05) is 6.07 Å². The molecule has 25 heavy (non-hydrogen) atoms. The Hall–Kier alpha value is -2.23. The van der Waals surface area contributed by atoms with E-state index in [1.165, 1.54) is 18.2 Å². The van der Waals surface area contributed by atoms with Crippen LogP contribution in [0.1, 0.15) is 15.9 Å². The lowest BCUT2D eigenvalue weighted by Crippen LogP contribution is -2.21. The van der Waals surface area contributed by atoms with Gasteiger partial charge in [-0.15, -0.1) is 0 Å². The molecule has 0 saturated heterocycles. The van der Waals surface area contributed by atoms with Gasteiger partial charge in [0.25, 0.3) is 5.91 Å². The van der Waals surface area contributed by atoms with Crippen LogP contribution < -0.4 is 10.1 Å². The first kappa shape index (κ1) is 19.1. The number of carbonyl (C=O) groups is 2. The van der Waals surface area contributed by atoms with Crippen molar-refractivity contribution in [1.82, 2.24) is 0 Å². The summed E-state index contributed by atoms with van der Waals surface area (Å²) < 4.78 is 34.5. The number of anilines is 1. The number of nitrogens with one attached hydrogen (secondary N) is 1. The molecule has 2 rings (SSSR count). The summed E-state index contributed by atoms with van der Waals surface area (Å²) in [5.41, 5.74) is 1.51. The maximum absolute atomic E-state index is 12.2. The lowest BCUT2D eigenvalue weighted by atomic mass is 10.2. The van der Waals surface area contributed by atoms with E-state index in [1.54, 1.807) is 6.07 Å². The van der Waals surface area contributed by atoms with E-state index in [2.05, 4.69) is 32.6 Å². The van der Waals surface area contributed by atoms with Crippen molar-refractivity contribution < 1.29 is 27.8 Å². The summed E-state index contributed by atoms with van der Waals surface area (Å²) in [5, 5.41) is 2.64. The molecule has 0 aliphatic carbocycles. The van der Waals surface area contributed by atoms with E-state index >= 15 is 0 Å². The van der Waals surface area contributed by atoms with Gasteiger partial charge in [0, 0.05) is 9.26 Å². The SMILES string of the molecule is Cc1cc(I)ccc1NC(=O)COC(=O)c1cccc(OC(F)F)c1. The number of benzene rings is 2. The Kier molecular flexibility index (Phi) is 6.68. The fourth-order valence-electron chi connectivity index (χ4n) is 1.97. The molecule has 0 spiro atoms. The van der Waals surface area contributed by atoms with Gasteiger partial charge in [0.05, 0.1) is 5.56 Å². The smallest absolute Gasteiger partial charge is 0.387 e. The number of alkyl halides is 2. The summed E-state index contributed by atoms with van der Waals surface area (Å²) in [6, 6.07) is 10.7. The van der Waals surface area contributed by atoms with Crippen LogP contribution in [0, 0.1) is 10.5 Å². The van der Waals surface area contributed by atoms with Crippen LogP contribution in [0.5, 0.6) is 5.75 Å². The molecule has 1 N–H and O–H groups in total. The molecule has 0 unspecified atom stereocenters. The maximum Gasteiger partial charge on any atom is 0.387 e. The van der Waals surface area contributed by atoms with Gasteiger partial charge in [-0.2, -0.15) is 8.78 Å². The van der Waals surface area contributed by atoms with Crippen molar-refractivity contribution in [2.24, 2.45) is 0 Å². The Morgan fingerprint density at radius 1 is 1.20 bits per heavy atom. The van der Waals surface area contributed by atoms with Crippen molar-refractivity contribution >= 4 is 40.2 Å². The normalized spacial score (nSPS) is 10.4. The first-order valence-corrected chi connectivity index (χ1v) is 8.21. The molecule has 0 radical (unpaired) electrons. The van der Waals surface area contributed by atoms with Crippen molar-refractivity contribution in [2.75, 3.05) is 11.9 Å². The lowest BCUT2D eigenvalue weighted by Gasteiger charge is -2.10. The van der Waals surface area contributed by atoms with Crippen LogP contribution in [0.3, 0.4) is 0 Å². The van der Waals surface area contributed by atoms with Gasteiger partial charge in [-0.3, -0.25) is 4.79 Å². The molecule has 132 valence electrons. The van der Waals surface area contributed by atoms with Crippen LogP contribution in [0.4, 0.5) is 14.5 Å². The molecule has 0 heterocycles. The van der Waals surface area contributed by atoms with Gasteiger partial charge in [-0.05, 0) is 71.5 Å². The van der Waals surface area contributed by atoms with Gasteiger partial charge in [0.2, 0.25) is 0 Å². The highest BCUT2D eigenvalue weighted by Gasteiger charge is 2.13. The summed E-state index contributed by atoms with van der Waals surface area (Å²) in [6.45, 7) is -1.64. The summed E-state index contributed by atoms with van der Waals surface area (Å²) >= 11 is 2.16. The van der Waals surface area contributed by atoms with Crippen LogP contribution in [0.25, 0.3) is 0 Å². The Balaban J connectivity index is 1.92. The number of aryl methyl sites for hydroxylation is 1. The number of rotatable bonds is 6. The van der Waals surface area contributed by atoms with Crippen LogP contribution in [0.15, 0.2) is 42.5 Å². The van der Waals surface area contributed by atoms with Gasteiger partial charge < -0.3 is 14.8 Å². The molecule has 0 atom stereocenters. The van der Waals surface area contributed by atoms with Crippen molar-refractivity contribution in [3.8, 4) is 5.75 Å². The minimum Gasteiger partial charge on any atom is -0.452 e. The zero-order chi connectivity index (χ0) is 18.4. The highest BCUT2D eigenvalue weighted by Crippen LogP contribution is 2.18. The molecular weight excluding hydrogens is 447 g/mol. The van der Waals surface area contributed by atoms with Crippen molar-refractivity contribution in [3.05, 3.63) is 57.2 Å². The zero-order valence-electron chi connectivity index (χ0n) is 13.1. The third kappa shape index (κ3) is 5.96. The first-order chi connectivity index (χ1) is 11.8. The third-order valence-corrected chi connectivity index (χ3v) is 3.76. The average Bonchev–Trinajstić information content (AvgIpc) is 2.55. The molecule has 0 aromatic heterocycles. The van der Waals surface area contributed by atoms with E-state index in [9.17, 15) is 18.4 Å². The van der Waals surface area contributed by atoms with Gasteiger partial charge >= 0.3 is 12.6 Å². The number of hydrogen-bond acceptors (Lipinski definition) is 4. The highest BCUT2D eigenvalue weighted by atomic mass is 127. The Morgan fingerprint density at radius 2 is 1.96 bits per heavy atom. The largest absolute Gasteiger partial charge is 0.452 e. The summed E-state index contributed by atoms with van der Waals surface area (Å²) in [6.07, 6.45) is 0. The average molecular weight is 461 g/mol. The highest BCUT2D eigenvalue weighted by molar-refractivity contribution is 14.1. The minimum atomic E-state index is -2.99. The third-order valence-electron chi connectivity index (χ3n) is 3.09. The molecule has 0 saturated carbocycles. The lowest BCUT2D eigenvalue weighted by molar-refractivity contribution is -0.119. The maximum atomic E-state index is 12.2. The number of halogens is 3. The van der Waals surface area contributed by atoms with Crippen LogP contribution in [-0.4, -0.2) is 25.1 Å². The van der Waals surface area contributed by atoms with E-state index in [-0.39, 0.29) is 11.3 Å². The molecule has 1 amide bonds. The Labute approximate surface area is 156 Å². The molecule has 0 aliphatic heterocycles. The fraction of sp³-hybridized carbons (Fsp3) is 0.176. The van der Waals surface area contributed by atoms with Gasteiger partial charge in [-0.25, -0.2) is 4.79 Å². The van der Waals surface area contributed by atoms with Gasteiger partial charge in [0.1, 0.15) is 5.75 Å². The zero-order valence-corrected chi connectivity index (χ0v) is 15.3. The van der Waals surface area contributed by atoms with Crippen LogP contribution in [-0.2, 0) is 9.53 Å². The minimum absolute atomic E-state index is 0.0106. The summed E-state index contributed by atoms with van der Waals surface area (Å²) in [7, 11) is 0. The predicted octanol–water partition coefficient (Wildman–Crippen LogP) is 4.00. The van der Waals surface area contributed by atoms with Crippen LogP contribution >= 0.6 is 22.6 Å². The number of esters is 1. The second kappa shape index (κ2) is 8.75. The second-order valence-electron chi connectivity index (χ2n) is 4.99. The summed E-state index contributed by atoms with van der Waals surface area (Å²) in [5.74, 6) is -1.48. The number of hydrogen-bond donors (Lipinski definition) is 1. The van der Waals surface area contributed by atoms with Crippen LogP contribution in [0.2, 0.25) is 0 Å². The first-order valence-electron chi connectivity index (χ1n) is 7.13. The van der Waals surface area contributed by atoms with Gasteiger partial charge in [0.15, 0.2) is 6.61 Å². The Bertz CT molecular complexity index is 783. The number of carbonyl (C=O) groups excluding carboxylic acids is 2. The topological polar surface area (TPSA) is 64.6 Å². The van der Waals surface area contributed by atoms with E-state index in [0.717, 1.165) is 15.2 Å².